The first kappa shape index (κ1) is 19.2. The Morgan fingerprint density at radius 2 is 1.65 bits per heavy atom. The molecule has 0 fully saturated rings. The van der Waals surface area contributed by atoms with Crippen LogP contribution in [0.15, 0.2) is 48.5 Å². The van der Waals surface area contributed by atoms with Crippen LogP contribution >= 0.6 is 0 Å². The predicted octanol–water partition coefficient (Wildman–Crippen LogP) is 3.11. The van der Waals surface area contributed by atoms with E-state index in [2.05, 4.69) is 17.8 Å². The Bertz CT molecular complexity index is 775. The summed E-state index contributed by atoms with van der Waals surface area (Å²) < 4.78 is 5.43. The van der Waals surface area contributed by atoms with E-state index in [1.807, 2.05) is 56.3 Å². The fraction of sp³-hybridized carbons (Fsp3) is 0.238. The molecule has 0 heterocycles. The largest absolute Gasteiger partial charge is 0.484 e. The van der Waals surface area contributed by atoms with Gasteiger partial charge in [-0.1, -0.05) is 37.3 Å². The molecule has 0 bridgehead atoms. The second kappa shape index (κ2) is 9.42. The molecule has 5 heteroatoms. The van der Waals surface area contributed by atoms with Crippen molar-refractivity contribution in [2.75, 3.05) is 6.61 Å². The smallest absolute Gasteiger partial charge is 0.276 e. The molecule has 0 saturated carbocycles. The van der Waals surface area contributed by atoms with E-state index in [1.165, 1.54) is 11.6 Å². The lowest BCUT2D eigenvalue weighted by atomic mass is 10.1. The minimum Gasteiger partial charge on any atom is -0.484 e. The molecule has 2 rings (SSSR count). The summed E-state index contributed by atoms with van der Waals surface area (Å²) >= 11 is 0. The number of hydrogen-bond acceptors (Lipinski definition) is 3. The van der Waals surface area contributed by atoms with E-state index in [4.69, 9.17) is 4.74 Å². The van der Waals surface area contributed by atoms with Gasteiger partial charge in [-0.2, -0.15) is 0 Å². The highest BCUT2D eigenvalue weighted by atomic mass is 16.5. The van der Waals surface area contributed by atoms with Crippen LogP contribution in [0.25, 0.3) is 6.08 Å². The van der Waals surface area contributed by atoms with Crippen LogP contribution < -0.4 is 15.6 Å². The van der Waals surface area contributed by atoms with Gasteiger partial charge in [0, 0.05) is 6.08 Å². The predicted molar refractivity (Wildman–Crippen MR) is 103 cm³/mol. The maximum Gasteiger partial charge on any atom is 0.276 e. The number of hydrogen-bond donors (Lipinski definition) is 2. The van der Waals surface area contributed by atoms with Gasteiger partial charge in [-0.05, 0) is 60.7 Å². The van der Waals surface area contributed by atoms with Gasteiger partial charge in [0.05, 0.1) is 0 Å². The molecule has 0 aliphatic rings. The molecule has 2 N–H and O–H groups in total. The molecule has 2 aromatic rings. The Kier molecular flexibility index (Phi) is 6.97. The van der Waals surface area contributed by atoms with Crippen LogP contribution in [0, 0.1) is 13.8 Å². The highest BCUT2D eigenvalue weighted by Crippen LogP contribution is 2.15. The van der Waals surface area contributed by atoms with Crippen molar-refractivity contribution < 1.29 is 14.3 Å². The average Bonchev–Trinajstić information content (AvgIpc) is 2.62. The minimum atomic E-state index is -0.432. The van der Waals surface area contributed by atoms with Crippen molar-refractivity contribution in [2.45, 2.75) is 27.2 Å². The number of benzene rings is 2. The number of rotatable bonds is 6. The highest BCUT2D eigenvalue weighted by Gasteiger charge is 2.04. The van der Waals surface area contributed by atoms with Crippen molar-refractivity contribution in [1.29, 1.82) is 0 Å². The van der Waals surface area contributed by atoms with E-state index in [9.17, 15) is 9.59 Å². The van der Waals surface area contributed by atoms with Gasteiger partial charge in [0.2, 0.25) is 0 Å². The van der Waals surface area contributed by atoms with Gasteiger partial charge < -0.3 is 4.74 Å². The lowest BCUT2D eigenvalue weighted by Gasteiger charge is -2.09. The summed E-state index contributed by atoms with van der Waals surface area (Å²) in [7, 11) is 0. The van der Waals surface area contributed by atoms with Crippen LogP contribution in [0.1, 0.15) is 29.2 Å². The lowest BCUT2D eigenvalue weighted by molar-refractivity contribution is -0.128. The zero-order valence-electron chi connectivity index (χ0n) is 15.3. The first-order valence-electron chi connectivity index (χ1n) is 8.53. The molecule has 136 valence electrons. The fourth-order valence-electron chi connectivity index (χ4n) is 2.41. The zero-order chi connectivity index (χ0) is 18.9. The highest BCUT2D eigenvalue weighted by molar-refractivity contribution is 5.93. The molecule has 0 radical (unpaired) electrons. The van der Waals surface area contributed by atoms with Gasteiger partial charge in [-0.25, -0.2) is 0 Å². The van der Waals surface area contributed by atoms with Crippen LogP contribution in [0.3, 0.4) is 0 Å². The summed E-state index contributed by atoms with van der Waals surface area (Å²) in [5.74, 6) is -0.220. The van der Waals surface area contributed by atoms with Crippen molar-refractivity contribution in [3.8, 4) is 5.75 Å². The van der Waals surface area contributed by atoms with Crippen molar-refractivity contribution >= 4 is 17.9 Å². The monoisotopic (exact) mass is 352 g/mol. The topological polar surface area (TPSA) is 67.4 Å². The second-order valence-corrected chi connectivity index (χ2v) is 6.08. The van der Waals surface area contributed by atoms with Crippen LogP contribution in [0.2, 0.25) is 0 Å². The number of carbonyl (C=O) groups excluding carboxylic acids is 2. The van der Waals surface area contributed by atoms with E-state index < -0.39 is 11.8 Å². The number of aryl methyl sites for hydroxylation is 3. The summed E-state index contributed by atoms with van der Waals surface area (Å²) in [6.45, 7) is 5.83. The molecule has 0 spiro atoms. The summed E-state index contributed by atoms with van der Waals surface area (Å²) in [5, 5.41) is 0. The number of hydrazine groups is 1. The summed E-state index contributed by atoms with van der Waals surface area (Å²) in [4.78, 5) is 23.5. The summed E-state index contributed by atoms with van der Waals surface area (Å²) in [5.41, 5.74) is 8.93. The van der Waals surface area contributed by atoms with Gasteiger partial charge in [0.25, 0.3) is 11.8 Å². The first-order chi connectivity index (χ1) is 12.5. The van der Waals surface area contributed by atoms with Crippen LogP contribution in [-0.4, -0.2) is 18.4 Å². The van der Waals surface area contributed by atoms with Crippen molar-refractivity contribution in [3.05, 3.63) is 70.8 Å². The number of nitrogens with one attached hydrogen (secondary N) is 2. The first-order valence-corrected chi connectivity index (χ1v) is 8.53. The average molecular weight is 352 g/mol. The Balaban J connectivity index is 1.75. The molecule has 0 aliphatic carbocycles. The van der Waals surface area contributed by atoms with E-state index in [0.717, 1.165) is 23.1 Å². The maximum atomic E-state index is 11.8. The Labute approximate surface area is 154 Å². The van der Waals surface area contributed by atoms with E-state index in [-0.39, 0.29) is 6.61 Å². The molecule has 5 nitrogen and oxygen atoms in total. The third kappa shape index (κ3) is 6.43. The molecule has 0 atom stereocenters. The Morgan fingerprint density at radius 1 is 1.00 bits per heavy atom. The van der Waals surface area contributed by atoms with Crippen LogP contribution in [-0.2, 0) is 16.0 Å². The van der Waals surface area contributed by atoms with Crippen molar-refractivity contribution in [2.24, 2.45) is 0 Å². The molecule has 2 aromatic carbocycles. The van der Waals surface area contributed by atoms with Crippen molar-refractivity contribution in [1.82, 2.24) is 10.9 Å². The number of amides is 2. The Hall–Kier alpha value is -3.08. The molecule has 2 amide bonds. The third-order valence-electron chi connectivity index (χ3n) is 3.71. The van der Waals surface area contributed by atoms with Gasteiger partial charge in [0.15, 0.2) is 6.61 Å². The lowest BCUT2D eigenvalue weighted by Crippen LogP contribution is -2.43. The molecular weight excluding hydrogens is 328 g/mol. The van der Waals surface area contributed by atoms with Gasteiger partial charge in [-0.3, -0.25) is 20.4 Å². The molecule has 0 aliphatic heterocycles. The molecule has 0 aromatic heterocycles. The van der Waals surface area contributed by atoms with Gasteiger partial charge in [-0.15, -0.1) is 0 Å². The standard InChI is InChI=1S/C21H24N2O3/c1-4-17-5-7-18(8-6-17)9-10-20(24)22-23-21(25)14-26-19-12-15(2)11-16(3)13-19/h5-13H,4,14H2,1-3H3,(H,22,24)(H,23,25)/b10-9+. The third-order valence-corrected chi connectivity index (χ3v) is 3.71. The van der Waals surface area contributed by atoms with E-state index in [0.29, 0.717) is 5.75 Å². The van der Waals surface area contributed by atoms with Crippen molar-refractivity contribution in [3.63, 3.8) is 0 Å². The van der Waals surface area contributed by atoms with Gasteiger partial charge >= 0.3 is 0 Å². The van der Waals surface area contributed by atoms with E-state index in [1.54, 1.807) is 6.08 Å². The summed E-state index contributed by atoms with van der Waals surface area (Å²) in [6, 6.07) is 13.7. The van der Waals surface area contributed by atoms with E-state index >= 15 is 0 Å². The zero-order valence-corrected chi connectivity index (χ0v) is 15.3. The molecule has 26 heavy (non-hydrogen) atoms. The quantitative estimate of drug-likeness (QED) is 0.620. The minimum absolute atomic E-state index is 0.175. The SMILES string of the molecule is CCc1ccc(/C=C/C(=O)NNC(=O)COc2cc(C)cc(C)c2)cc1. The fourth-order valence-corrected chi connectivity index (χ4v) is 2.41. The normalized spacial score (nSPS) is 10.6. The molecular formula is C21H24N2O3. The molecule has 0 saturated heterocycles. The molecule has 0 unspecified atom stereocenters. The van der Waals surface area contributed by atoms with Gasteiger partial charge in [0.1, 0.15) is 5.75 Å². The second-order valence-electron chi connectivity index (χ2n) is 6.08. The number of ether oxygens (including phenoxy) is 1. The Morgan fingerprint density at radius 3 is 2.27 bits per heavy atom. The number of carbonyl (C=O) groups is 2. The van der Waals surface area contributed by atoms with Crippen LogP contribution in [0.5, 0.6) is 5.75 Å². The maximum absolute atomic E-state index is 11.8. The summed E-state index contributed by atoms with van der Waals surface area (Å²) in [6.07, 6.45) is 4.03. The van der Waals surface area contributed by atoms with Crippen LogP contribution in [0.4, 0.5) is 0 Å².